The van der Waals surface area contributed by atoms with Gasteiger partial charge in [0.15, 0.2) is 5.76 Å². The molecule has 5 rings (SSSR count). The lowest BCUT2D eigenvalue weighted by Gasteiger charge is -2.25. The summed E-state index contributed by atoms with van der Waals surface area (Å²) in [6.07, 6.45) is 1.26. The van der Waals surface area contributed by atoms with Gasteiger partial charge in [0.25, 0.3) is 0 Å². The number of carbonyl (C=O) groups is 2. The smallest absolute Gasteiger partial charge is 0.240 e. The maximum atomic E-state index is 13.3. The number of ketones is 1. The van der Waals surface area contributed by atoms with Crippen LogP contribution in [-0.4, -0.2) is 40.0 Å². The van der Waals surface area contributed by atoms with Crippen molar-refractivity contribution in [2.75, 3.05) is 11.4 Å². The van der Waals surface area contributed by atoms with Crippen molar-refractivity contribution in [2.45, 2.75) is 38.3 Å². The normalized spacial score (nSPS) is 15.9. The van der Waals surface area contributed by atoms with E-state index in [9.17, 15) is 14.7 Å². The van der Waals surface area contributed by atoms with Gasteiger partial charge in [-0.1, -0.05) is 53.5 Å². The molecule has 2 aromatic carbocycles. The second-order valence-electron chi connectivity index (χ2n) is 9.65. The van der Waals surface area contributed by atoms with Crippen LogP contribution >= 0.6 is 23.2 Å². The Morgan fingerprint density at radius 1 is 1.11 bits per heavy atom. The molecule has 0 bridgehead atoms. The second-order valence-corrected chi connectivity index (χ2v) is 10.5. The molecule has 9 heteroatoms. The Bertz CT molecular complexity index is 1520. The summed E-state index contributed by atoms with van der Waals surface area (Å²) in [5, 5.41) is 12.2. The summed E-state index contributed by atoms with van der Waals surface area (Å²) in [6, 6.07) is 15.9. The number of aliphatic hydroxyl groups is 1. The maximum absolute atomic E-state index is 13.3. The SMILES string of the molecule is CC(C)(O)C(=O)c1oc2nc(-c3ccccc3Cl)c(-c3ccc(Cl)cc3)cc2c1N1CCC[C@H]1C(N)=O. The number of hydrogen-bond acceptors (Lipinski definition) is 6. The molecular formula is C28H25Cl2N3O4. The molecule has 3 heterocycles. The first-order valence-electron chi connectivity index (χ1n) is 11.9. The molecule has 1 aliphatic heterocycles. The standard InChI is InChI=1S/C28H25Cl2N3O4/c1-28(2,36)25(34)24-23(33-13-5-8-21(33)26(31)35)19-14-18(15-9-11-16(29)12-10-15)22(32-27(19)37-24)17-6-3-4-7-20(17)30/h3-4,6-7,9-12,14,21,36H,5,8,13H2,1-2H3,(H2,31,35)/t21-/m0/s1. The van der Waals surface area contributed by atoms with Gasteiger partial charge in [0, 0.05) is 27.7 Å². The predicted molar refractivity (Wildman–Crippen MR) is 145 cm³/mol. The minimum absolute atomic E-state index is 0.0680. The van der Waals surface area contributed by atoms with Gasteiger partial charge in [0.1, 0.15) is 11.6 Å². The number of anilines is 1. The minimum atomic E-state index is -1.71. The van der Waals surface area contributed by atoms with Crippen molar-refractivity contribution in [3.05, 3.63) is 70.4 Å². The number of Topliss-reactive ketones (excluding diaryl/α,β-unsaturated/α-hetero) is 1. The van der Waals surface area contributed by atoms with Crippen LogP contribution in [0, 0.1) is 0 Å². The van der Waals surface area contributed by atoms with Crippen LogP contribution in [0.3, 0.4) is 0 Å². The number of benzene rings is 2. The molecule has 0 unspecified atom stereocenters. The number of aromatic nitrogens is 1. The van der Waals surface area contributed by atoms with E-state index in [0.29, 0.717) is 51.8 Å². The topological polar surface area (TPSA) is 110 Å². The molecule has 1 aliphatic rings. The van der Waals surface area contributed by atoms with Crippen molar-refractivity contribution in [3.8, 4) is 22.4 Å². The molecular weight excluding hydrogens is 513 g/mol. The first-order valence-corrected chi connectivity index (χ1v) is 12.6. The van der Waals surface area contributed by atoms with E-state index in [-0.39, 0.29) is 11.5 Å². The van der Waals surface area contributed by atoms with Crippen LogP contribution in [0.1, 0.15) is 37.2 Å². The highest BCUT2D eigenvalue weighted by Gasteiger charge is 2.39. The minimum Gasteiger partial charge on any atom is -0.432 e. The number of carbonyl (C=O) groups excluding carboxylic acids is 2. The molecule has 0 radical (unpaired) electrons. The highest BCUT2D eigenvalue weighted by atomic mass is 35.5. The van der Waals surface area contributed by atoms with Gasteiger partial charge in [-0.25, -0.2) is 4.98 Å². The van der Waals surface area contributed by atoms with Gasteiger partial charge in [0.05, 0.1) is 16.8 Å². The Kier molecular flexibility index (Phi) is 6.48. The van der Waals surface area contributed by atoms with Crippen LogP contribution in [0.5, 0.6) is 0 Å². The number of nitrogens with zero attached hydrogens (tertiary/aromatic N) is 2. The number of pyridine rings is 1. The first-order chi connectivity index (χ1) is 17.6. The van der Waals surface area contributed by atoms with E-state index in [1.165, 1.54) is 13.8 Å². The number of furan rings is 1. The van der Waals surface area contributed by atoms with Gasteiger partial charge in [-0.2, -0.15) is 0 Å². The van der Waals surface area contributed by atoms with Crippen molar-refractivity contribution >= 4 is 51.7 Å². The first kappa shape index (κ1) is 25.3. The van der Waals surface area contributed by atoms with Gasteiger partial charge >= 0.3 is 0 Å². The van der Waals surface area contributed by atoms with Gasteiger partial charge in [0.2, 0.25) is 17.4 Å². The predicted octanol–water partition coefficient (Wildman–Crippen LogP) is 5.88. The quantitative estimate of drug-likeness (QED) is 0.297. The van der Waals surface area contributed by atoms with E-state index in [1.54, 1.807) is 23.1 Å². The average Bonchev–Trinajstić information content (AvgIpc) is 3.47. The van der Waals surface area contributed by atoms with Gasteiger partial charge in [-0.05, 0) is 56.5 Å². The Morgan fingerprint density at radius 3 is 2.46 bits per heavy atom. The molecule has 190 valence electrons. The summed E-state index contributed by atoms with van der Waals surface area (Å²) in [4.78, 5) is 32.3. The number of hydrogen-bond donors (Lipinski definition) is 2. The fourth-order valence-corrected chi connectivity index (χ4v) is 5.12. The lowest BCUT2D eigenvalue weighted by molar-refractivity contribution is -0.119. The molecule has 0 saturated carbocycles. The highest BCUT2D eigenvalue weighted by molar-refractivity contribution is 6.33. The summed E-state index contributed by atoms with van der Waals surface area (Å²) < 4.78 is 6.06. The molecule has 1 amide bonds. The van der Waals surface area contributed by atoms with Crippen molar-refractivity contribution in [1.82, 2.24) is 4.98 Å². The molecule has 2 aromatic heterocycles. The zero-order valence-corrected chi connectivity index (χ0v) is 21.8. The summed E-state index contributed by atoms with van der Waals surface area (Å²) in [6.45, 7) is 3.28. The number of rotatable bonds is 6. The monoisotopic (exact) mass is 537 g/mol. The molecule has 37 heavy (non-hydrogen) atoms. The third kappa shape index (κ3) is 4.59. The molecule has 1 fully saturated rings. The molecule has 1 saturated heterocycles. The van der Waals surface area contributed by atoms with E-state index in [4.69, 9.17) is 38.3 Å². The van der Waals surface area contributed by atoms with Crippen LogP contribution in [-0.2, 0) is 4.79 Å². The Balaban J connectivity index is 1.85. The Hall–Kier alpha value is -3.39. The van der Waals surface area contributed by atoms with E-state index in [0.717, 1.165) is 11.1 Å². The zero-order chi connectivity index (χ0) is 26.5. The second kappa shape index (κ2) is 9.49. The number of nitrogens with two attached hydrogens (primary N) is 1. The van der Waals surface area contributed by atoms with Crippen LogP contribution in [0.25, 0.3) is 33.5 Å². The number of halogens is 2. The number of amides is 1. The fourth-order valence-electron chi connectivity index (χ4n) is 4.77. The molecule has 4 aromatic rings. The zero-order valence-electron chi connectivity index (χ0n) is 20.3. The molecule has 0 spiro atoms. The lowest BCUT2D eigenvalue weighted by Crippen LogP contribution is -2.41. The summed E-state index contributed by atoms with van der Waals surface area (Å²) in [7, 11) is 0. The van der Waals surface area contributed by atoms with Crippen LogP contribution in [0.2, 0.25) is 10.0 Å². The third-order valence-electron chi connectivity index (χ3n) is 6.57. The molecule has 7 nitrogen and oxygen atoms in total. The van der Waals surface area contributed by atoms with Crippen molar-refractivity contribution in [1.29, 1.82) is 0 Å². The molecule has 3 N–H and O–H groups in total. The number of primary amides is 1. The molecule has 1 atom stereocenters. The highest BCUT2D eigenvalue weighted by Crippen LogP contribution is 2.44. The molecule has 0 aliphatic carbocycles. The summed E-state index contributed by atoms with van der Waals surface area (Å²) in [5.41, 5.74) is 7.37. The van der Waals surface area contributed by atoms with E-state index < -0.39 is 23.3 Å². The van der Waals surface area contributed by atoms with Crippen molar-refractivity contribution < 1.29 is 19.1 Å². The van der Waals surface area contributed by atoms with E-state index in [1.807, 2.05) is 36.4 Å². The van der Waals surface area contributed by atoms with E-state index in [2.05, 4.69) is 0 Å². The van der Waals surface area contributed by atoms with Crippen molar-refractivity contribution in [2.24, 2.45) is 5.73 Å². The van der Waals surface area contributed by atoms with Crippen LogP contribution in [0.4, 0.5) is 5.69 Å². The Morgan fingerprint density at radius 2 is 1.81 bits per heavy atom. The average molecular weight is 538 g/mol. The summed E-state index contributed by atoms with van der Waals surface area (Å²) in [5.74, 6) is -1.18. The largest absolute Gasteiger partial charge is 0.432 e. The van der Waals surface area contributed by atoms with Gasteiger partial charge in [-0.15, -0.1) is 0 Å². The van der Waals surface area contributed by atoms with E-state index >= 15 is 0 Å². The van der Waals surface area contributed by atoms with Crippen LogP contribution in [0.15, 0.2) is 59.0 Å². The number of fused-ring (bicyclic) bond motifs is 1. The van der Waals surface area contributed by atoms with Gasteiger partial charge < -0.3 is 20.2 Å². The lowest BCUT2D eigenvalue weighted by atomic mass is 9.96. The third-order valence-corrected chi connectivity index (χ3v) is 7.15. The van der Waals surface area contributed by atoms with Crippen LogP contribution < -0.4 is 10.6 Å². The fraction of sp³-hybridized carbons (Fsp3) is 0.250. The Labute approximate surface area is 223 Å². The summed E-state index contributed by atoms with van der Waals surface area (Å²) >= 11 is 12.7. The van der Waals surface area contributed by atoms with Crippen molar-refractivity contribution in [3.63, 3.8) is 0 Å². The van der Waals surface area contributed by atoms with Gasteiger partial charge in [-0.3, -0.25) is 9.59 Å². The maximum Gasteiger partial charge on any atom is 0.240 e.